The van der Waals surface area contributed by atoms with Gasteiger partial charge in [0.1, 0.15) is 5.82 Å². The van der Waals surface area contributed by atoms with Gasteiger partial charge >= 0.3 is 0 Å². The molecule has 0 N–H and O–H groups in total. The molecule has 0 heterocycles. The molecule has 1 unspecified atom stereocenters. The van der Waals surface area contributed by atoms with Gasteiger partial charge in [-0.15, -0.1) is 11.8 Å². The molecule has 0 saturated heterocycles. The maximum absolute atomic E-state index is 13.3. The second kappa shape index (κ2) is 5.16. The Balaban J connectivity index is 2.71. The van der Waals surface area contributed by atoms with Crippen molar-refractivity contribution < 1.29 is 9.18 Å². The molecule has 1 amide bonds. The standard InChI is InChI=1S/C11H14FNOS/c1-8(11(14)13(2)3)15-10-7-5-4-6-9(10)12/h4-8H,1-3H3. The zero-order chi connectivity index (χ0) is 11.4. The highest BCUT2D eigenvalue weighted by Gasteiger charge is 2.17. The van der Waals surface area contributed by atoms with Gasteiger partial charge in [-0.05, 0) is 19.1 Å². The molecule has 1 rings (SSSR count). The third kappa shape index (κ3) is 3.23. The summed E-state index contributed by atoms with van der Waals surface area (Å²) >= 11 is 1.24. The number of benzene rings is 1. The van der Waals surface area contributed by atoms with Crippen LogP contribution in [0.4, 0.5) is 4.39 Å². The molecule has 4 heteroatoms. The normalized spacial score (nSPS) is 12.3. The van der Waals surface area contributed by atoms with Crippen molar-refractivity contribution in [3.63, 3.8) is 0 Å². The van der Waals surface area contributed by atoms with E-state index in [9.17, 15) is 9.18 Å². The van der Waals surface area contributed by atoms with Crippen molar-refractivity contribution in [1.82, 2.24) is 4.90 Å². The highest BCUT2D eigenvalue weighted by molar-refractivity contribution is 8.00. The molecule has 82 valence electrons. The summed E-state index contributed by atoms with van der Waals surface area (Å²) in [7, 11) is 3.39. The SMILES string of the molecule is CC(Sc1ccccc1F)C(=O)N(C)C. The lowest BCUT2D eigenvalue weighted by molar-refractivity contribution is -0.127. The van der Waals surface area contributed by atoms with Crippen LogP contribution in [0.3, 0.4) is 0 Å². The summed E-state index contributed by atoms with van der Waals surface area (Å²) in [5.74, 6) is -0.288. The number of hydrogen-bond acceptors (Lipinski definition) is 2. The van der Waals surface area contributed by atoms with E-state index in [1.807, 2.05) is 0 Å². The number of carbonyl (C=O) groups excluding carboxylic acids is 1. The minimum Gasteiger partial charge on any atom is -0.348 e. The Morgan fingerprint density at radius 3 is 2.53 bits per heavy atom. The molecule has 1 aromatic rings. The molecule has 1 atom stereocenters. The minimum absolute atomic E-state index is 0.0109. The zero-order valence-corrected chi connectivity index (χ0v) is 9.84. The molecule has 0 aliphatic rings. The van der Waals surface area contributed by atoms with Gasteiger partial charge in [0.2, 0.25) is 5.91 Å². The molecule has 15 heavy (non-hydrogen) atoms. The first-order valence-electron chi connectivity index (χ1n) is 4.64. The van der Waals surface area contributed by atoms with E-state index in [4.69, 9.17) is 0 Å². The van der Waals surface area contributed by atoms with Gasteiger partial charge in [0.25, 0.3) is 0 Å². The number of thioether (sulfide) groups is 1. The van der Waals surface area contributed by atoms with Crippen LogP contribution in [0.5, 0.6) is 0 Å². The Morgan fingerprint density at radius 1 is 1.40 bits per heavy atom. The predicted molar refractivity (Wildman–Crippen MR) is 60.4 cm³/mol. The Labute approximate surface area is 93.5 Å². The van der Waals surface area contributed by atoms with Crippen LogP contribution in [-0.4, -0.2) is 30.2 Å². The monoisotopic (exact) mass is 227 g/mol. The van der Waals surface area contributed by atoms with E-state index in [0.717, 1.165) is 0 Å². The topological polar surface area (TPSA) is 20.3 Å². The first kappa shape index (κ1) is 12.0. The molecular weight excluding hydrogens is 213 g/mol. The summed E-state index contributed by atoms with van der Waals surface area (Å²) in [6, 6.07) is 6.48. The molecule has 0 radical (unpaired) electrons. The third-order valence-electron chi connectivity index (χ3n) is 1.93. The van der Waals surface area contributed by atoms with Gasteiger partial charge in [0.15, 0.2) is 0 Å². The van der Waals surface area contributed by atoms with Crippen molar-refractivity contribution in [3.8, 4) is 0 Å². The van der Waals surface area contributed by atoms with Gasteiger partial charge in [-0.2, -0.15) is 0 Å². The number of rotatable bonds is 3. The maximum atomic E-state index is 13.3. The largest absolute Gasteiger partial charge is 0.348 e. The van der Waals surface area contributed by atoms with Crippen LogP contribution < -0.4 is 0 Å². The van der Waals surface area contributed by atoms with Crippen LogP contribution in [-0.2, 0) is 4.79 Å². The maximum Gasteiger partial charge on any atom is 0.235 e. The van der Waals surface area contributed by atoms with Crippen LogP contribution in [0.1, 0.15) is 6.92 Å². The van der Waals surface area contributed by atoms with Gasteiger partial charge < -0.3 is 4.90 Å². The average molecular weight is 227 g/mol. The van der Waals surface area contributed by atoms with E-state index >= 15 is 0 Å². The van der Waals surface area contributed by atoms with Gasteiger partial charge in [-0.1, -0.05) is 12.1 Å². The van der Waals surface area contributed by atoms with E-state index in [1.54, 1.807) is 39.2 Å². The van der Waals surface area contributed by atoms with E-state index in [2.05, 4.69) is 0 Å². The number of carbonyl (C=O) groups is 1. The summed E-state index contributed by atoms with van der Waals surface area (Å²) in [5.41, 5.74) is 0. The number of nitrogens with zero attached hydrogens (tertiary/aromatic N) is 1. The number of halogens is 1. The van der Waals surface area contributed by atoms with Crippen LogP contribution in [0.15, 0.2) is 29.2 Å². The highest BCUT2D eigenvalue weighted by atomic mass is 32.2. The molecule has 0 spiro atoms. The summed E-state index contributed by atoms with van der Waals surface area (Å²) in [4.78, 5) is 13.6. The van der Waals surface area contributed by atoms with Crippen molar-refractivity contribution in [2.75, 3.05) is 14.1 Å². The van der Waals surface area contributed by atoms with Crippen molar-refractivity contribution in [3.05, 3.63) is 30.1 Å². The lowest BCUT2D eigenvalue weighted by Crippen LogP contribution is -2.29. The van der Waals surface area contributed by atoms with Crippen molar-refractivity contribution >= 4 is 17.7 Å². The van der Waals surface area contributed by atoms with Gasteiger partial charge in [0, 0.05) is 19.0 Å². The van der Waals surface area contributed by atoms with Gasteiger partial charge in [0.05, 0.1) is 5.25 Å². The second-order valence-corrected chi connectivity index (χ2v) is 4.81. The van der Waals surface area contributed by atoms with Crippen LogP contribution in [0, 0.1) is 5.82 Å². The van der Waals surface area contributed by atoms with Gasteiger partial charge in [-0.3, -0.25) is 4.79 Å². The average Bonchev–Trinajstić information content (AvgIpc) is 2.20. The highest BCUT2D eigenvalue weighted by Crippen LogP contribution is 2.26. The van der Waals surface area contributed by atoms with Crippen LogP contribution >= 0.6 is 11.8 Å². The Bertz CT molecular complexity index is 354. The fourth-order valence-electron chi connectivity index (χ4n) is 1.14. The zero-order valence-electron chi connectivity index (χ0n) is 9.03. The van der Waals surface area contributed by atoms with E-state index in [0.29, 0.717) is 4.90 Å². The molecule has 0 aliphatic heterocycles. The molecular formula is C11H14FNOS. The summed E-state index contributed by atoms with van der Waals surface area (Å²) in [5, 5.41) is -0.267. The quantitative estimate of drug-likeness (QED) is 0.739. The smallest absolute Gasteiger partial charge is 0.235 e. The second-order valence-electron chi connectivity index (χ2n) is 3.42. The Kier molecular flexibility index (Phi) is 4.15. The first-order valence-corrected chi connectivity index (χ1v) is 5.52. The number of hydrogen-bond donors (Lipinski definition) is 0. The summed E-state index contributed by atoms with van der Waals surface area (Å²) in [6.07, 6.45) is 0. The Morgan fingerprint density at radius 2 is 2.00 bits per heavy atom. The molecule has 0 aliphatic carbocycles. The molecule has 0 saturated carbocycles. The van der Waals surface area contributed by atoms with Gasteiger partial charge in [-0.25, -0.2) is 4.39 Å². The van der Waals surface area contributed by atoms with Crippen molar-refractivity contribution in [2.45, 2.75) is 17.1 Å². The lowest BCUT2D eigenvalue weighted by Gasteiger charge is -2.16. The number of amides is 1. The molecule has 1 aromatic carbocycles. The van der Waals surface area contributed by atoms with Crippen LogP contribution in [0.25, 0.3) is 0 Å². The fraction of sp³-hybridized carbons (Fsp3) is 0.364. The third-order valence-corrected chi connectivity index (χ3v) is 3.07. The first-order chi connectivity index (χ1) is 7.02. The molecule has 0 aromatic heterocycles. The van der Waals surface area contributed by atoms with E-state index in [-0.39, 0.29) is 17.0 Å². The summed E-state index contributed by atoms with van der Waals surface area (Å²) < 4.78 is 13.3. The lowest BCUT2D eigenvalue weighted by atomic mass is 10.3. The summed E-state index contributed by atoms with van der Waals surface area (Å²) in [6.45, 7) is 1.78. The minimum atomic E-state index is -0.277. The van der Waals surface area contributed by atoms with Crippen molar-refractivity contribution in [2.24, 2.45) is 0 Å². The van der Waals surface area contributed by atoms with E-state index in [1.165, 1.54) is 22.7 Å². The van der Waals surface area contributed by atoms with Crippen LogP contribution in [0.2, 0.25) is 0 Å². The predicted octanol–water partition coefficient (Wildman–Crippen LogP) is 2.39. The van der Waals surface area contributed by atoms with E-state index < -0.39 is 0 Å². The van der Waals surface area contributed by atoms with Crippen molar-refractivity contribution in [1.29, 1.82) is 0 Å². The Hall–Kier alpha value is -1.03. The fourth-order valence-corrected chi connectivity index (χ4v) is 2.18. The molecule has 0 fully saturated rings. The molecule has 0 bridgehead atoms. The molecule has 2 nitrogen and oxygen atoms in total.